The van der Waals surface area contributed by atoms with Crippen LogP contribution in [0.25, 0.3) is 22.4 Å². The van der Waals surface area contributed by atoms with Crippen molar-refractivity contribution in [3.05, 3.63) is 74.5 Å². The minimum absolute atomic E-state index is 0.0265. The first-order valence-electron chi connectivity index (χ1n) is 7.80. The fourth-order valence-corrected chi connectivity index (χ4v) is 3.27. The van der Waals surface area contributed by atoms with Crippen molar-refractivity contribution in [1.82, 2.24) is 15.3 Å². The van der Waals surface area contributed by atoms with E-state index in [2.05, 4.69) is 15.3 Å². The molecule has 0 aliphatic rings. The van der Waals surface area contributed by atoms with Crippen LogP contribution < -0.4 is 11.1 Å². The Morgan fingerprint density at radius 2 is 2.04 bits per heavy atom. The van der Waals surface area contributed by atoms with Gasteiger partial charge in [0.25, 0.3) is 5.91 Å². The van der Waals surface area contributed by atoms with E-state index >= 15 is 0 Å². The maximum absolute atomic E-state index is 13.2. The number of aromatic nitrogens is 2. The molecule has 27 heavy (non-hydrogen) atoms. The van der Waals surface area contributed by atoms with Crippen molar-refractivity contribution in [2.75, 3.05) is 0 Å². The number of hydrogen-bond acceptors (Lipinski definition) is 5. The first kappa shape index (κ1) is 17.1. The van der Waals surface area contributed by atoms with Crippen LogP contribution in [0.2, 0.25) is 0 Å². The van der Waals surface area contributed by atoms with Crippen LogP contribution in [-0.2, 0) is 6.54 Å². The molecule has 2 N–H and O–H groups in total. The summed E-state index contributed by atoms with van der Waals surface area (Å²) < 4.78 is 31.2. The Balaban J connectivity index is 1.47. The number of aromatic amines is 1. The lowest BCUT2D eigenvalue weighted by molar-refractivity contribution is 0.0950. The third kappa shape index (κ3) is 3.49. The van der Waals surface area contributed by atoms with Gasteiger partial charge in [0.1, 0.15) is 5.01 Å². The van der Waals surface area contributed by atoms with Crippen molar-refractivity contribution in [1.29, 1.82) is 0 Å². The van der Waals surface area contributed by atoms with Gasteiger partial charge in [-0.2, -0.15) is 0 Å². The second-order valence-electron chi connectivity index (χ2n) is 5.66. The van der Waals surface area contributed by atoms with Crippen LogP contribution >= 0.6 is 11.3 Å². The third-order valence-electron chi connectivity index (χ3n) is 3.85. The molecule has 0 radical (unpaired) electrons. The summed E-state index contributed by atoms with van der Waals surface area (Å²) in [5.74, 6) is -3.14. The van der Waals surface area contributed by atoms with E-state index < -0.39 is 23.3 Å². The number of H-pyrrole nitrogens is 1. The summed E-state index contributed by atoms with van der Waals surface area (Å²) in [5.41, 5.74) is 2.48. The molecular formula is C18H11F2N3O3S. The minimum Gasteiger partial charge on any atom is -0.408 e. The lowest BCUT2D eigenvalue weighted by Crippen LogP contribution is -2.22. The number of oxazole rings is 1. The number of rotatable bonds is 4. The largest absolute Gasteiger partial charge is 0.417 e. The van der Waals surface area contributed by atoms with Gasteiger partial charge < -0.3 is 9.73 Å². The molecule has 136 valence electrons. The lowest BCUT2D eigenvalue weighted by Gasteiger charge is -2.03. The van der Waals surface area contributed by atoms with E-state index in [0.29, 0.717) is 21.8 Å². The Hall–Kier alpha value is -3.33. The van der Waals surface area contributed by atoms with Crippen LogP contribution in [0.15, 0.2) is 51.0 Å². The third-order valence-corrected chi connectivity index (χ3v) is 4.70. The number of hydrogen-bond donors (Lipinski definition) is 2. The molecule has 0 spiro atoms. The highest BCUT2D eigenvalue weighted by Crippen LogP contribution is 2.25. The van der Waals surface area contributed by atoms with Gasteiger partial charge >= 0.3 is 5.76 Å². The number of halogens is 2. The summed E-state index contributed by atoms with van der Waals surface area (Å²) in [6, 6.07) is 8.18. The van der Waals surface area contributed by atoms with Crippen LogP contribution in [0.1, 0.15) is 15.4 Å². The Kier molecular flexibility index (Phi) is 4.28. The van der Waals surface area contributed by atoms with Gasteiger partial charge in [0.15, 0.2) is 17.2 Å². The van der Waals surface area contributed by atoms with Crippen molar-refractivity contribution < 1.29 is 18.0 Å². The molecule has 4 rings (SSSR count). The van der Waals surface area contributed by atoms with Crippen LogP contribution in [0.4, 0.5) is 8.78 Å². The predicted molar refractivity (Wildman–Crippen MR) is 95.5 cm³/mol. The summed E-state index contributed by atoms with van der Waals surface area (Å²) in [4.78, 5) is 30.3. The lowest BCUT2D eigenvalue weighted by atomic mass is 10.1. The molecular weight excluding hydrogens is 376 g/mol. The van der Waals surface area contributed by atoms with Gasteiger partial charge in [-0.25, -0.2) is 18.6 Å². The van der Waals surface area contributed by atoms with Crippen LogP contribution in [-0.4, -0.2) is 15.9 Å². The standard InChI is InChI=1S/C18H11F2N3O3S/c19-11-3-1-10(5-12(11)20)17(24)21-7-16-22-14(8-27-16)9-2-4-13-15(6-9)26-18(25)23-13/h1-6,8H,7H2,(H,21,24)(H,23,25). The van der Waals surface area contributed by atoms with Crippen molar-refractivity contribution in [2.45, 2.75) is 6.54 Å². The minimum atomic E-state index is -1.08. The van der Waals surface area contributed by atoms with Gasteiger partial charge in [-0.15, -0.1) is 11.3 Å². The van der Waals surface area contributed by atoms with Crippen LogP contribution in [0.3, 0.4) is 0 Å². The Bertz CT molecular complexity index is 1210. The monoisotopic (exact) mass is 387 g/mol. The molecule has 0 aliphatic heterocycles. The number of thiazole rings is 1. The van der Waals surface area contributed by atoms with Crippen LogP contribution in [0, 0.1) is 11.6 Å². The first-order valence-corrected chi connectivity index (χ1v) is 8.68. The van der Waals surface area contributed by atoms with Gasteiger partial charge in [-0.05, 0) is 30.3 Å². The fraction of sp³-hybridized carbons (Fsp3) is 0.0556. The maximum atomic E-state index is 13.2. The zero-order chi connectivity index (χ0) is 19.0. The molecule has 0 unspecified atom stereocenters. The highest BCUT2D eigenvalue weighted by atomic mass is 32.1. The molecule has 0 saturated heterocycles. The Morgan fingerprint density at radius 3 is 2.85 bits per heavy atom. The quantitative estimate of drug-likeness (QED) is 0.561. The summed E-state index contributed by atoms with van der Waals surface area (Å²) in [7, 11) is 0. The second kappa shape index (κ2) is 6.76. The molecule has 0 aliphatic carbocycles. The number of carbonyl (C=O) groups is 1. The molecule has 0 bridgehead atoms. The average Bonchev–Trinajstić information content (AvgIpc) is 3.26. The van der Waals surface area contributed by atoms with Crippen LogP contribution in [0.5, 0.6) is 0 Å². The van der Waals surface area contributed by atoms with Crippen molar-refractivity contribution in [3.63, 3.8) is 0 Å². The van der Waals surface area contributed by atoms with E-state index in [9.17, 15) is 18.4 Å². The highest BCUT2D eigenvalue weighted by Gasteiger charge is 2.12. The second-order valence-corrected chi connectivity index (χ2v) is 6.61. The zero-order valence-electron chi connectivity index (χ0n) is 13.6. The molecule has 6 nitrogen and oxygen atoms in total. The maximum Gasteiger partial charge on any atom is 0.417 e. The molecule has 2 aromatic heterocycles. The summed E-state index contributed by atoms with van der Waals surface area (Å²) in [5, 5.41) is 5.06. The van der Waals surface area contributed by atoms with Gasteiger partial charge in [0.2, 0.25) is 0 Å². The normalized spacial score (nSPS) is 11.0. The molecule has 0 atom stereocenters. The topological polar surface area (TPSA) is 88.0 Å². The summed E-state index contributed by atoms with van der Waals surface area (Å²) in [6.45, 7) is 0.143. The van der Waals surface area contributed by atoms with Crippen molar-refractivity contribution in [2.24, 2.45) is 0 Å². The molecule has 4 aromatic rings. The van der Waals surface area contributed by atoms with E-state index in [-0.39, 0.29) is 12.1 Å². The van der Waals surface area contributed by atoms with Gasteiger partial charge in [-0.3, -0.25) is 9.78 Å². The summed E-state index contributed by atoms with van der Waals surface area (Å²) in [6.07, 6.45) is 0. The first-order chi connectivity index (χ1) is 13.0. The van der Waals surface area contributed by atoms with Gasteiger partial charge in [0.05, 0.1) is 17.8 Å². The number of nitrogens with one attached hydrogen (secondary N) is 2. The summed E-state index contributed by atoms with van der Waals surface area (Å²) >= 11 is 1.34. The van der Waals surface area contributed by atoms with Crippen molar-refractivity contribution in [3.8, 4) is 11.3 Å². The fourth-order valence-electron chi connectivity index (χ4n) is 2.52. The molecule has 1 amide bonds. The molecule has 2 heterocycles. The highest BCUT2D eigenvalue weighted by molar-refractivity contribution is 7.09. The Morgan fingerprint density at radius 1 is 1.19 bits per heavy atom. The molecule has 2 aromatic carbocycles. The van der Waals surface area contributed by atoms with E-state index in [1.54, 1.807) is 18.2 Å². The van der Waals surface area contributed by atoms with E-state index in [1.165, 1.54) is 17.4 Å². The Labute approximate surface area is 154 Å². The van der Waals surface area contributed by atoms with Gasteiger partial charge in [0, 0.05) is 16.5 Å². The number of nitrogens with zero attached hydrogens (tertiary/aromatic N) is 1. The average molecular weight is 387 g/mol. The van der Waals surface area contributed by atoms with Crippen molar-refractivity contribution >= 4 is 28.3 Å². The predicted octanol–water partition coefficient (Wildman–Crippen LogP) is 3.45. The van der Waals surface area contributed by atoms with Gasteiger partial charge in [-0.1, -0.05) is 6.07 Å². The number of carbonyl (C=O) groups excluding carboxylic acids is 1. The molecule has 0 saturated carbocycles. The molecule has 0 fully saturated rings. The smallest absolute Gasteiger partial charge is 0.408 e. The van der Waals surface area contributed by atoms with E-state index in [4.69, 9.17) is 4.42 Å². The van der Waals surface area contributed by atoms with E-state index in [1.807, 2.05) is 5.38 Å². The van der Waals surface area contributed by atoms with E-state index in [0.717, 1.165) is 17.7 Å². The number of fused-ring (bicyclic) bond motifs is 1. The SMILES string of the molecule is O=C(NCc1nc(-c2ccc3[nH]c(=O)oc3c2)cs1)c1ccc(F)c(F)c1. The zero-order valence-corrected chi connectivity index (χ0v) is 14.4. The molecule has 9 heteroatoms. The number of benzene rings is 2. The number of amides is 1.